The van der Waals surface area contributed by atoms with Crippen LogP contribution in [0.4, 0.5) is 5.69 Å². The Bertz CT molecular complexity index is 545. The molecule has 0 saturated heterocycles. The number of ketones is 1. The van der Waals surface area contributed by atoms with Crippen molar-refractivity contribution >= 4 is 28.7 Å². The molecule has 0 heterocycles. The molecule has 1 fully saturated rings. The fourth-order valence-corrected chi connectivity index (χ4v) is 3.31. The van der Waals surface area contributed by atoms with Gasteiger partial charge < -0.3 is 5.32 Å². The number of hydrogen-bond donors (Lipinski definition) is 1. The van der Waals surface area contributed by atoms with Crippen LogP contribution in [0.5, 0.6) is 0 Å². The van der Waals surface area contributed by atoms with Gasteiger partial charge in [-0.1, -0.05) is 58.2 Å². The van der Waals surface area contributed by atoms with E-state index < -0.39 is 0 Å². The molecule has 0 atom stereocenters. The van der Waals surface area contributed by atoms with Crippen LogP contribution in [0.25, 0.3) is 0 Å². The third kappa shape index (κ3) is 6.06. The lowest BCUT2D eigenvalue weighted by Gasteiger charge is -2.21. The molecule has 0 spiro atoms. The van der Waals surface area contributed by atoms with Crippen LogP contribution in [-0.4, -0.2) is 10.8 Å². The van der Waals surface area contributed by atoms with Crippen LogP contribution >= 0.6 is 12.2 Å². The summed E-state index contributed by atoms with van der Waals surface area (Å²) in [7, 11) is 0. The lowest BCUT2D eigenvalue weighted by Crippen LogP contribution is -2.14. The molecule has 1 aliphatic carbocycles. The maximum absolute atomic E-state index is 12.6. The normalized spacial score (nSPS) is 14.7. The second kappa shape index (κ2) is 9.82. The van der Waals surface area contributed by atoms with E-state index in [2.05, 4.69) is 5.32 Å². The van der Waals surface area contributed by atoms with Gasteiger partial charge in [-0.2, -0.15) is 0 Å². The minimum absolute atomic E-state index is 0.299. The minimum Gasteiger partial charge on any atom is -0.350 e. The second-order valence-corrected chi connectivity index (χ2v) is 6.91. The van der Waals surface area contributed by atoms with Crippen molar-refractivity contribution < 1.29 is 4.79 Å². The number of anilines is 1. The van der Waals surface area contributed by atoms with Crippen LogP contribution in [0.1, 0.15) is 80.8 Å². The summed E-state index contributed by atoms with van der Waals surface area (Å²) >= 11 is 5.10. The topological polar surface area (TPSA) is 29.1 Å². The molecular formula is C20H31NOS. The van der Waals surface area contributed by atoms with Gasteiger partial charge in [0.2, 0.25) is 0 Å². The van der Waals surface area contributed by atoms with Gasteiger partial charge in [-0.15, -0.1) is 0 Å². The summed E-state index contributed by atoms with van der Waals surface area (Å²) < 4.78 is 0. The quantitative estimate of drug-likeness (QED) is 0.522. The summed E-state index contributed by atoms with van der Waals surface area (Å²) in [6, 6.07) is 4.06. The first-order valence-corrected chi connectivity index (χ1v) is 9.30. The molecule has 0 radical (unpaired) electrons. The van der Waals surface area contributed by atoms with Gasteiger partial charge in [-0.25, -0.2) is 0 Å². The predicted molar refractivity (Wildman–Crippen MR) is 105 cm³/mol. The van der Waals surface area contributed by atoms with Gasteiger partial charge in [0.15, 0.2) is 5.78 Å². The summed E-state index contributed by atoms with van der Waals surface area (Å²) in [5.74, 6) is 0.889. The first kappa shape index (κ1) is 19.8. The highest BCUT2D eigenvalue weighted by atomic mass is 32.1. The van der Waals surface area contributed by atoms with Crippen LogP contribution in [0, 0.1) is 19.8 Å². The Kier molecular flexibility index (Phi) is 8.46. The molecule has 1 aliphatic rings. The molecule has 2 nitrogen and oxygen atoms in total. The Hall–Kier alpha value is -1.22. The number of carbonyl (C=O) groups excluding carboxylic acids is 1. The molecule has 1 N–H and O–H groups in total. The fourth-order valence-electron chi connectivity index (χ4n) is 3.20. The van der Waals surface area contributed by atoms with E-state index in [0.29, 0.717) is 18.1 Å². The minimum atomic E-state index is 0.299. The standard InChI is InChI=1S/C18H25NOS.C2H6/c1-12-10-17(19-14(3)21)13(2)9-16(12)18(20)11-15-7-5-4-6-8-15;1-2/h9-10,15H,4-8,11H2,1-3H3,(H,19,21);1-2H3. The molecule has 128 valence electrons. The number of thiocarbonyl (C=S) groups is 1. The monoisotopic (exact) mass is 333 g/mol. The second-order valence-electron chi connectivity index (χ2n) is 6.29. The Morgan fingerprint density at radius 1 is 1.13 bits per heavy atom. The van der Waals surface area contributed by atoms with Crippen molar-refractivity contribution in [1.29, 1.82) is 0 Å². The van der Waals surface area contributed by atoms with Crippen LogP contribution in [0.3, 0.4) is 0 Å². The van der Waals surface area contributed by atoms with Crippen molar-refractivity contribution in [3.05, 3.63) is 28.8 Å². The molecule has 3 heteroatoms. The highest BCUT2D eigenvalue weighted by molar-refractivity contribution is 7.80. The number of carbonyl (C=O) groups is 1. The summed E-state index contributed by atoms with van der Waals surface area (Å²) in [6.07, 6.45) is 7.04. The zero-order chi connectivity index (χ0) is 17.4. The zero-order valence-corrected chi connectivity index (χ0v) is 16.1. The van der Waals surface area contributed by atoms with E-state index >= 15 is 0 Å². The molecule has 0 aliphatic heterocycles. The summed E-state index contributed by atoms with van der Waals surface area (Å²) in [5.41, 5.74) is 4.01. The number of rotatable bonds is 4. The first-order valence-electron chi connectivity index (χ1n) is 8.89. The number of Topliss-reactive ketones (excluding diaryl/α,β-unsaturated/α-hetero) is 1. The van der Waals surface area contributed by atoms with Crippen molar-refractivity contribution in [3.8, 4) is 0 Å². The van der Waals surface area contributed by atoms with Crippen LogP contribution < -0.4 is 5.32 Å². The molecule has 1 aromatic carbocycles. The summed E-state index contributed by atoms with van der Waals surface area (Å²) in [4.78, 5) is 13.3. The molecule has 0 aromatic heterocycles. The maximum Gasteiger partial charge on any atom is 0.163 e. The lowest BCUT2D eigenvalue weighted by molar-refractivity contribution is 0.0949. The van der Waals surface area contributed by atoms with Crippen molar-refractivity contribution in [1.82, 2.24) is 0 Å². The molecule has 1 saturated carbocycles. The molecule has 23 heavy (non-hydrogen) atoms. The van der Waals surface area contributed by atoms with E-state index in [9.17, 15) is 4.79 Å². The predicted octanol–water partition coefficient (Wildman–Crippen LogP) is 6.24. The first-order chi connectivity index (χ1) is 11.0. The largest absolute Gasteiger partial charge is 0.350 e. The average Bonchev–Trinajstić information content (AvgIpc) is 2.53. The zero-order valence-electron chi connectivity index (χ0n) is 15.3. The van der Waals surface area contributed by atoms with Crippen molar-refractivity contribution in [2.24, 2.45) is 5.92 Å². The number of aryl methyl sites for hydroxylation is 2. The Morgan fingerprint density at radius 2 is 1.74 bits per heavy atom. The summed E-state index contributed by atoms with van der Waals surface area (Å²) in [5, 5.41) is 3.18. The third-order valence-corrected chi connectivity index (χ3v) is 4.48. The highest BCUT2D eigenvalue weighted by Crippen LogP contribution is 2.29. The number of hydrogen-bond acceptors (Lipinski definition) is 2. The van der Waals surface area contributed by atoms with E-state index in [1.165, 1.54) is 32.1 Å². The number of benzene rings is 1. The fraction of sp³-hybridized carbons (Fsp3) is 0.600. The smallest absolute Gasteiger partial charge is 0.163 e. The van der Waals surface area contributed by atoms with Crippen molar-refractivity contribution in [3.63, 3.8) is 0 Å². The molecule has 1 aromatic rings. The molecule has 0 amide bonds. The van der Waals surface area contributed by atoms with Gasteiger partial charge in [0.25, 0.3) is 0 Å². The van der Waals surface area contributed by atoms with E-state index in [1.54, 1.807) is 0 Å². The van der Waals surface area contributed by atoms with Gasteiger partial charge >= 0.3 is 0 Å². The van der Waals surface area contributed by atoms with E-state index in [1.807, 2.05) is 46.8 Å². The molecule has 2 rings (SSSR count). The lowest BCUT2D eigenvalue weighted by atomic mass is 9.84. The van der Waals surface area contributed by atoms with Gasteiger partial charge in [-0.3, -0.25) is 4.79 Å². The number of nitrogens with one attached hydrogen (secondary N) is 1. The molecule has 0 unspecified atom stereocenters. The Balaban J connectivity index is 0.00000127. The molecular weight excluding hydrogens is 302 g/mol. The Labute approximate surface area is 147 Å². The summed E-state index contributed by atoms with van der Waals surface area (Å²) in [6.45, 7) is 9.90. The average molecular weight is 334 g/mol. The van der Waals surface area contributed by atoms with Crippen LogP contribution in [0.15, 0.2) is 12.1 Å². The molecule has 0 bridgehead atoms. The van der Waals surface area contributed by atoms with Crippen molar-refractivity contribution in [2.75, 3.05) is 5.32 Å². The highest BCUT2D eigenvalue weighted by Gasteiger charge is 2.19. The van der Waals surface area contributed by atoms with Crippen LogP contribution in [0.2, 0.25) is 0 Å². The van der Waals surface area contributed by atoms with E-state index in [0.717, 1.165) is 27.4 Å². The van der Waals surface area contributed by atoms with E-state index in [-0.39, 0.29) is 0 Å². The third-order valence-electron chi connectivity index (χ3n) is 4.38. The van der Waals surface area contributed by atoms with E-state index in [4.69, 9.17) is 12.2 Å². The Morgan fingerprint density at radius 3 is 2.30 bits per heavy atom. The van der Waals surface area contributed by atoms with Gasteiger partial charge in [0.05, 0.1) is 4.99 Å². The van der Waals surface area contributed by atoms with Crippen molar-refractivity contribution in [2.45, 2.75) is 73.1 Å². The SMILES string of the molecule is CC.CC(=S)Nc1cc(C)c(C(=O)CC2CCCCC2)cc1C. The van der Waals surface area contributed by atoms with Crippen LogP contribution in [-0.2, 0) is 0 Å². The van der Waals surface area contributed by atoms with Gasteiger partial charge in [0, 0.05) is 17.7 Å². The van der Waals surface area contributed by atoms with Gasteiger partial charge in [0.1, 0.15) is 0 Å². The van der Waals surface area contributed by atoms with Gasteiger partial charge in [-0.05, 0) is 49.9 Å². The maximum atomic E-state index is 12.6.